The van der Waals surface area contributed by atoms with Crippen LogP contribution < -0.4 is 5.32 Å². The van der Waals surface area contributed by atoms with E-state index in [1.807, 2.05) is 43.3 Å². The summed E-state index contributed by atoms with van der Waals surface area (Å²) in [7, 11) is -3.44. The van der Waals surface area contributed by atoms with Gasteiger partial charge in [-0.3, -0.25) is 9.69 Å². The highest BCUT2D eigenvalue weighted by molar-refractivity contribution is 7.89. The van der Waals surface area contributed by atoms with Crippen LogP contribution in [-0.4, -0.2) is 56.3 Å². The fraction of sp³-hybridized carbons (Fsp3) is 0.318. The van der Waals surface area contributed by atoms with Gasteiger partial charge in [-0.1, -0.05) is 35.9 Å². The second kappa shape index (κ2) is 9.35. The fourth-order valence-electron chi connectivity index (χ4n) is 3.27. The van der Waals surface area contributed by atoms with Crippen LogP contribution in [0, 0.1) is 6.92 Å². The van der Waals surface area contributed by atoms with Crippen LogP contribution in [0.25, 0.3) is 0 Å². The Morgan fingerprint density at radius 3 is 2.24 bits per heavy atom. The lowest BCUT2D eigenvalue weighted by Crippen LogP contribution is -2.48. The number of carbonyl (C=O) groups is 1. The summed E-state index contributed by atoms with van der Waals surface area (Å²) in [6.07, 6.45) is 1.64. The first kappa shape index (κ1) is 21.2. The molecule has 6 nitrogen and oxygen atoms in total. The topological polar surface area (TPSA) is 69.7 Å². The van der Waals surface area contributed by atoms with E-state index >= 15 is 0 Å². The van der Waals surface area contributed by atoms with Crippen molar-refractivity contribution in [3.63, 3.8) is 0 Å². The van der Waals surface area contributed by atoms with Crippen LogP contribution in [-0.2, 0) is 16.6 Å². The third-order valence-corrected chi connectivity index (χ3v) is 6.93. The van der Waals surface area contributed by atoms with Crippen LogP contribution in [0.5, 0.6) is 0 Å². The summed E-state index contributed by atoms with van der Waals surface area (Å²) in [4.78, 5) is 14.5. The first-order chi connectivity index (χ1) is 13.9. The number of piperazine rings is 1. The van der Waals surface area contributed by atoms with Gasteiger partial charge in [0.05, 0.1) is 4.90 Å². The molecule has 0 saturated carbocycles. The number of nitrogens with one attached hydrogen (secondary N) is 1. The molecule has 154 valence electrons. The molecule has 0 radical (unpaired) electrons. The molecule has 3 rings (SSSR count). The van der Waals surface area contributed by atoms with E-state index in [0.29, 0.717) is 43.2 Å². The molecular weight excluding hydrogens is 386 g/mol. The van der Waals surface area contributed by atoms with Crippen molar-refractivity contribution in [2.24, 2.45) is 0 Å². The number of hydrogen-bond donors (Lipinski definition) is 1. The van der Waals surface area contributed by atoms with Gasteiger partial charge in [0.2, 0.25) is 10.0 Å². The van der Waals surface area contributed by atoms with Gasteiger partial charge in [-0.2, -0.15) is 4.31 Å². The molecule has 0 atom stereocenters. The number of amides is 1. The van der Waals surface area contributed by atoms with E-state index in [1.54, 1.807) is 22.5 Å². The first-order valence-electron chi connectivity index (χ1n) is 9.67. The smallest absolute Gasteiger partial charge is 0.251 e. The normalized spacial score (nSPS) is 15.8. The van der Waals surface area contributed by atoms with Gasteiger partial charge in [0.25, 0.3) is 5.91 Å². The molecule has 1 heterocycles. The van der Waals surface area contributed by atoms with E-state index in [-0.39, 0.29) is 5.91 Å². The largest absolute Gasteiger partial charge is 0.349 e. The van der Waals surface area contributed by atoms with Crippen LogP contribution in [0.2, 0.25) is 0 Å². The average Bonchev–Trinajstić information content (AvgIpc) is 2.73. The van der Waals surface area contributed by atoms with Crippen LogP contribution in [0.3, 0.4) is 0 Å². The lowest BCUT2D eigenvalue weighted by molar-refractivity contribution is 0.0958. The number of hydrogen-bond acceptors (Lipinski definition) is 4. The van der Waals surface area contributed by atoms with Crippen LogP contribution in [0.1, 0.15) is 21.5 Å². The van der Waals surface area contributed by atoms with Crippen molar-refractivity contribution < 1.29 is 13.2 Å². The average molecular weight is 414 g/mol. The summed E-state index contributed by atoms with van der Waals surface area (Å²) in [5, 5.41) is 2.76. The number of benzene rings is 2. The van der Waals surface area contributed by atoms with Gasteiger partial charge in [0.1, 0.15) is 0 Å². The fourth-order valence-corrected chi connectivity index (χ4v) is 4.70. The van der Waals surface area contributed by atoms with Gasteiger partial charge >= 0.3 is 0 Å². The highest BCUT2D eigenvalue weighted by Gasteiger charge is 2.28. The van der Waals surface area contributed by atoms with E-state index in [4.69, 9.17) is 0 Å². The Bertz CT molecular complexity index is 946. The van der Waals surface area contributed by atoms with Crippen LogP contribution in [0.4, 0.5) is 0 Å². The molecule has 29 heavy (non-hydrogen) atoms. The maximum atomic E-state index is 12.8. The van der Waals surface area contributed by atoms with Crippen molar-refractivity contribution in [2.45, 2.75) is 18.4 Å². The highest BCUT2D eigenvalue weighted by Crippen LogP contribution is 2.19. The van der Waals surface area contributed by atoms with Crippen molar-refractivity contribution in [3.8, 4) is 0 Å². The predicted octanol–water partition coefficient (Wildman–Crippen LogP) is 2.42. The molecule has 0 bridgehead atoms. The molecule has 1 fully saturated rings. The number of sulfonamides is 1. The molecule has 2 aromatic carbocycles. The number of nitrogens with zero attached hydrogens (tertiary/aromatic N) is 2. The summed E-state index contributed by atoms with van der Waals surface area (Å²) in [5.41, 5.74) is 2.75. The van der Waals surface area contributed by atoms with Gasteiger partial charge < -0.3 is 5.32 Å². The zero-order valence-corrected chi connectivity index (χ0v) is 17.5. The first-order valence-corrected chi connectivity index (χ1v) is 11.1. The Hall–Kier alpha value is -2.48. The molecule has 1 N–H and O–H groups in total. The summed E-state index contributed by atoms with van der Waals surface area (Å²) in [5.74, 6) is -0.119. The lowest BCUT2D eigenvalue weighted by Gasteiger charge is -2.34. The molecule has 7 heteroatoms. The van der Waals surface area contributed by atoms with Crippen LogP contribution in [0.15, 0.2) is 66.1 Å². The van der Waals surface area contributed by atoms with Gasteiger partial charge in [-0.05, 0) is 36.8 Å². The molecule has 1 aliphatic rings. The maximum Gasteiger partial charge on any atom is 0.251 e. The summed E-state index contributed by atoms with van der Waals surface area (Å²) in [6.45, 7) is 8.98. The standard InChI is InChI=1S/C22H27N3O3S/c1-3-12-23-22(26)20-8-6-19(7-9-20)17-24-13-15-25(16-14-24)29(27,28)21-10-4-18(2)5-11-21/h3-11H,1,12-17H2,2H3,(H,23,26). The number of carbonyl (C=O) groups excluding carboxylic acids is 1. The van der Waals surface area contributed by atoms with Gasteiger partial charge in [-0.25, -0.2) is 8.42 Å². The maximum absolute atomic E-state index is 12.8. The van der Waals surface area contributed by atoms with E-state index in [2.05, 4.69) is 16.8 Å². The Morgan fingerprint density at radius 1 is 1.03 bits per heavy atom. The minimum atomic E-state index is -3.44. The number of rotatable bonds is 7. The van der Waals surface area contributed by atoms with Gasteiger partial charge in [-0.15, -0.1) is 6.58 Å². The van der Waals surface area contributed by atoms with Crippen molar-refractivity contribution in [1.82, 2.24) is 14.5 Å². The molecule has 0 unspecified atom stereocenters. The molecule has 1 amide bonds. The zero-order valence-electron chi connectivity index (χ0n) is 16.7. The Kier molecular flexibility index (Phi) is 6.84. The van der Waals surface area contributed by atoms with Crippen molar-refractivity contribution >= 4 is 15.9 Å². The molecule has 0 aliphatic carbocycles. The second-order valence-electron chi connectivity index (χ2n) is 7.19. The second-order valence-corrected chi connectivity index (χ2v) is 9.13. The summed E-state index contributed by atoms with van der Waals surface area (Å²) in [6, 6.07) is 14.5. The van der Waals surface area contributed by atoms with Gasteiger partial charge in [0.15, 0.2) is 0 Å². The van der Waals surface area contributed by atoms with Crippen LogP contribution >= 0.6 is 0 Å². The summed E-state index contributed by atoms with van der Waals surface area (Å²) < 4.78 is 27.2. The molecule has 2 aromatic rings. The van der Waals surface area contributed by atoms with E-state index in [9.17, 15) is 13.2 Å². The zero-order chi connectivity index (χ0) is 20.9. The van der Waals surface area contributed by atoms with Gasteiger partial charge in [0, 0.05) is 44.8 Å². The molecule has 0 spiro atoms. The molecule has 1 saturated heterocycles. The quantitative estimate of drug-likeness (QED) is 0.708. The molecule has 1 aliphatic heterocycles. The Labute approximate surface area is 172 Å². The Morgan fingerprint density at radius 2 is 1.66 bits per heavy atom. The minimum absolute atomic E-state index is 0.119. The van der Waals surface area contributed by atoms with Crippen molar-refractivity contribution in [1.29, 1.82) is 0 Å². The van der Waals surface area contributed by atoms with E-state index < -0.39 is 10.0 Å². The SMILES string of the molecule is C=CCNC(=O)c1ccc(CN2CCN(S(=O)(=O)c3ccc(C)cc3)CC2)cc1. The number of aryl methyl sites for hydroxylation is 1. The molecule has 0 aromatic heterocycles. The van der Waals surface area contributed by atoms with E-state index in [0.717, 1.165) is 17.7 Å². The minimum Gasteiger partial charge on any atom is -0.349 e. The lowest BCUT2D eigenvalue weighted by atomic mass is 10.1. The highest BCUT2D eigenvalue weighted by atomic mass is 32.2. The summed E-state index contributed by atoms with van der Waals surface area (Å²) >= 11 is 0. The third-order valence-electron chi connectivity index (χ3n) is 5.02. The monoisotopic (exact) mass is 413 g/mol. The van der Waals surface area contributed by atoms with Crippen molar-refractivity contribution in [2.75, 3.05) is 32.7 Å². The third kappa shape index (κ3) is 5.32. The van der Waals surface area contributed by atoms with E-state index in [1.165, 1.54) is 0 Å². The van der Waals surface area contributed by atoms with Crippen molar-refractivity contribution in [3.05, 3.63) is 77.9 Å². The predicted molar refractivity (Wildman–Crippen MR) is 114 cm³/mol. The molecular formula is C22H27N3O3S. The Balaban J connectivity index is 1.55.